The molecule has 0 N–H and O–H groups in total. The molecule has 3 aromatic heterocycles. The van der Waals surface area contributed by atoms with E-state index < -0.39 is 11.9 Å². The van der Waals surface area contributed by atoms with Gasteiger partial charge >= 0.3 is 6.18 Å². The van der Waals surface area contributed by atoms with Crippen molar-refractivity contribution in [3.8, 4) is 17.0 Å². The number of allylic oxidation sites excluding steroid dienone is 2. The number of methoxy groups -OCH3 is 1. The van der Waals surface area contributed by atoms with E-state index >= 15 is 0 Å². The van der Waals surface area contributed by atoms with Crippen LogP contribution in [0.5, 0.6) is 5.75 Å². The fraction of sp³-hybridized carbons (Fsp3) is 0.367. The third-order valence-electron chi connectivity index (χ3n) is 8.37. The number of halogens is 3. The lowest BCUT2D eigenvalue weighted by Crippen LogP contribution is -2.42. The molecule has 1 spiro atoms. The van der Waals surface area contributed by atoms with Crippen molar-refractivity contribution in [2.75, 3.05) is 25.1 Å². The molecule has 0 atom stereocenters. The van der Waals surface area contributed by atoms with Gasteiger partial charge in [0, 0.05) is 53.6 Å². The molecule has 7 rings (SSSR count). The number of ether oxygens (including phenoxy) is 1. The molecular formula is C30H27F3N4O2. The van der Waals surface area contributed by atoms with Crippen molar-refractivity contribution in [2.24, 2.45) is 5.41 Å². The van der Waals surface area contributed by atoms with Crippen molar-refractivity contribution in [1.82, 2.24) is 15.1 Å². The summed E-state index contributed by atoms with van der Waals surface area (Å²) in [5.41, 5.74) is 3.18. The van der Waals surface area contributed by atoms with Crippen LogP contribution in [0.2, 0.25) is 0 Å². The summed E-state index contributed by atoms with van der Waals surface area (Å²) in [6, 6.07) is 11.1. The third kappa shape index (κ3) is 4.15. The molecule has 3 aliphatic rings. The number of aromatic nitrogens is 3. The van der Waals surface area contributed by atoms with Crippen molar-refractivity contribution in [3.63, 3.8) is 0 Å². The van der Waals surface area contributed by atoms with Gasteiger partial charge in [-0.25, -0.2) is 0 Å². The highest BCUT2D eigenvalue weighted by molar-refractivity contribution is 5.88. The standard InChI is InChI=1S/C30H27F3N4O2/c1-38-24-8-12-34-23-7-6-20(15-22(23)24)37-13-9-29(10-14-37)16-19(17-29)25-26(36-39-27(25)18-4-5-18)21-3-2-11-35-28(21)30(31,32)33/h2-3,6-8,11-12,15-16,18H,4-5,9-10,13-14,17H2,1H3. The second kappa shape index (κ2) is 8.83. The molecule has 6 nitrogen and oxygen atoms in total. The highest BCUT2D eigenvalue weighted by atomic mass is 19.4. The van der Waals surface area contributed by atoms with Crippen LogP contribution in [0.15, 0.2) is 59.4 Å². The number of benzene rings is 1. The molecule has 2 aliphatic carbocycles. The van der Waals surface area contributed by atoms with Crippen molar-refractivity contribution in [2.45, 2.75) is 44.2 Å². The van der Waals surface area contributed by atoms with Gasteiger partial charge in [0.1, 0.15) is 17.2 Å². The van der Waals surface area contributed by atoms with Gasteiger partial charge in [0.05, 0.1) is 12.6 Å². The van der Waals surface area contributed by atoms with Gasteiger partial charge in [-0.3, -0.25) is 9.97 Å². The van der Waals surface area contributed by atoms with E-state index in [1.54, 1.807) is 13.3 Å². The lowest BCUT2D eigenvalue weighted by atomic mass is 9.63. The number of fused-ring (bicyclic) bond motifs is 1. The van der Waals surface area contributed by atoms with Gasteiger partial charge in [0.25, 0.3) is 0 Å². The molecule has 4 aromatic rings. The van der Waals surface area contributed by atoms with Crippen molar-refractivity contribution >= 4 is 22.2 Å². The number of alkyl halides is 3. The van der Waals surface area contributed by atoms with E-state index in [2.05, 4.69) is 38.2 Å². The molecule has 9 heteroatoms. The minimum Gasteiger partial charge on any atom is -0.496 e. The molecule has 39 heavy (non-hydrogen) atoms. The molecule has 200 valence electrons. The second-order valence-corrected chi connectivity index (χ2v) is 10.9. The molecule has 1 saturated carbocycles. The van der Waals surface area contributed by atoms with Gasteiger partial charge in [0.2, 0.25) is 0 Å². The Balaban J connectivity index is 1.16. The van der Waals surface area contributed by atoms with E-state index in [4.69, 9.17) is 9.26 Å². The van der Waals surface area contributed by atoms with Crippen molar-refractivity contribution < 1.29 is 22.4 Å². The first-order chi connectivity index (χ1) is 18.9. The Labute approximate surface area is 223 Å². The van der Waals surface area contributed by atoms with Gasteiger partial charge in [0.15, 0.2) is 5.69 Å². The van der Waals surface area contributed by atoms with E-state index in [9.17, 15) is 13.2 Å². The highest BCUT2D eigenvalue weighted by Crippen LogP contribution is 2.56. The van der Waals surface area contributed by atoms with Crippen LogP contribution in [-0.2, 0) is 6.18 Å². The molecule has 0 unspecified atom stereocenters. The maximum atomic E-state index is 13.8. The Hall–Kier alpha value is -3.88. The quantitative estimate of drug-likeness (QED) is 0.270. The summed E-state index contributed by atoms with van der Waals surface area (Å²) in [5, 5.41) is 5.16. The van der Waals surface area contributed by atoms with E-state index in [1.807, 2.05) is 12.1 Å². The molecular weight excluding hydrogens is 505 g/mol. The summed E-state index contributed by atoms with van der Waals surface area (Å²) < 4.78 is 52.6. The predicted octanol–water partition coefficient (Wildman–Crippen LogP) is 7.26. The van der Waals surface area contributed by atoms with Crippen molar-refractivity contribution in [3.05, 3.63) is 71.9 Å². The van der Waals surface area contributed by atoms with Crippen LogP contribution in [0.3, 0.4) is 0 Å². The van der Waals surface area contributed by atoms with E-state index in [0.717, 1.165) is 84.4 Å². The maximum Gasteiger partial charge on any atom is 0.434 e. The lowest BCUT2D eigenvalue weighted by molar-refractivity contribution is -0.140. The number of rotatable bonds is 5. The summed E-state index contributed by atoms with van der Waals surface area (Å²) in [7, 11) is 1.67. The zero-order chi connectivity index (χ0) is 26.8. The fourth-order valence-corrected chi connectivity index (χ4v) is 6.14. The average molecular weight is 533 g/mol. The lowest BCUT2D eigenvalue weighted by Gasteiger charge is -2.47. The van der Waals surface area contributed by atoms with Gasteiger partial charge in [-0.2, -0.15) is 13.2 Å². The predicted molar refractivity (Wildman–Crippen MR) is 141 cm³/mol. The molecule has 4 heterocycles. The average Bonchev–Trinajstić information content (AvgIpc) is 3.69. The Kier molecular flexibility index (Phi) is 5.47. The van der Waals surface area contributed by atoms with Crippen LogP contribution in [-0.4, -0.2) is 35.3 Å². The Bertz CT molecular complexity index is 1600. The number of piperidine rings is 1. The first-order valence-corrected chi connectivity index (χ1v) is 13.3. The van der Waals surface area contributed by atoms with Crippen LogP contribution >= 0.6 is 0 Å². The first-order valence-electron chi connectivity index (χ1n) is 13.3. The summed E-state index contributed by atoms with van der Waals surface area (Å²) in [6.45, 7) is 1.79. The molecule has 0 amide bonds. The Morgan fingerprint density at radius 3 is 2.56 bits per heavy atom. The van der Waals surface area contributed by atoms with Crippen molar-refractivity contribution in [1.29, 1.82) is 0 Å². The number of hydrogen-bond donors (Lipinski definition) is 0. The van der Waals surface area contributed by atoms with Crippen LogP contribution < -0.4 is 9.64 Å². The monoisotopic (exact) mass is 532 g/mol. The summed E-state index contributed by atoms with van der Waals surface area (Å²) in [5.74, 6) is 1.75. The summed E-state index contributed by atoms with van der Waals surface area (Å²) in [6.07, 6.45) is 5.31. The zero-order valence-corrected chi connectivity index (χ0v) is 21.5. The van der Waals surface area contributed by atoms with Crippen LogP contribution in [0.4, 0.5) is 18.9 Å². The van der Waals surface area contributed by atoms with E-state index in [0.29, 0.717) is 0 Å². The third-order valence-corrected chi connectivity index (χ3v) is 8.37. The molecule has 1 aliphatic heterocycles. The number of nitrogens with zero attached hydrogens (tertiary/aromatic N) is 4. The molecule has 0 radical (unpaired) electrons. The van der Waals surface area contributed by atoms with Crippen LogP contribution in [0.1, 0.15) is 55.0 Å². The van der Waals surface area contributed by atoms with Gasteiger partial charge in [-0.05, 0) is 79.5 Å². The molecule has 0 bridgehead atoms. The largest absolute Gasteiger partial charge is 0.496 e. The minimum absolute atomic E-state index is 0.0199. The Morgan fingerprint density at radius 1 is 1.05 bits per heavy atom. The fourth-order valence-electron chi connectivity index (χ4n) is 6.14. The number of hydrogen-bond acceptors (Lipinski definition) is 6. The zero-order valence-electron chi connectivity index (χ0n) is 21.5. The number of pyridine rings is 2. The molecule has 1 aromatic carbocycles. The first kappa shape index (κ1) is 24.2. The van der Waals surface area contributed by atoms with E-state index in [-0.39, 0.29) is 22.6 Å². The Morgan fingerprint density at radius 2 is 1.85 bits per heavy atom. The highest BCUT2D eigenvalue weighted by Gasteiger charge is 2.45. The number of anilines is 1. The second-order valence-electron chi connectivity index (χ2n) is 10.9. The summed E-state index contributed by atoms with van der Waals surface area (Å²) >= 11 is 0. The van der Waals surface area contributed by atoms with Crippen LogP contribution in [0, 0.1) is 5.41 Å². The summed E-state index contributed by atoms with van der Waals surface area (Å²) in [4.78, 5) is 10.5. The van der Waals surface area contributed by atoms with E-state index in [1.165, 1.54) is 18.3 Å². The van der Waals surface area contributed by atoms with Gasteiger partial charge in [-0.15, -0.1) is 0 Å². The van der Waals surface area contributed by atoms with Gasteiger partial charge < -0.3 is 14.2 Å². The van der Waals surface area contributed by atoms with Crippen LogP contribution in [0.25, 0.3) is 27.7 Å². The molecule has 1 saturated heterocycles. The maximum absolute atomic E-state index is 13.8. The molecule has 2 fully saturated rings. The normalized spacial score (nSPS) is 18.8. The SMILES string of the molecule is COc1ccnc2ccc(N3CCC4(C=C(c5c(-c6cccnc6C(F)(F)F)noc5C5CC5)C4)CC3)cc12. The topological polar surface area (TPSA) is 64.3 Å². The van der Waals surface area contributed by atoms with Gasteiger partial charge in [-0.1, -0.05) is 11.2 Å². The minimum atomic E-state index is -4.57. The smallest absolute Gasteiger partial charge is 0.434 e.